The summed E-state index contributed by atoms with van der Waals surface area (Å²) in [6.07, 6.45) is 1.78. The van der Waals surface area contributed by atoms with Gasteiger partial charge in [0.15, 0.2) is 11.5 Å². The van der Waals surface area contributed by atoms with Crippen molar-refractivity contribution in [1.29, 1.82) is 0 Å². The first-order valence-corrected chi connectivity index (χ1v) is 9.46. The first kappa shape index (κ1) is 19.0. The molecular formula is C24H27NO2. The van der Waals surface area contributed by atoms with Crippen LogP contribution in [0.2, 0.25) is 0 Å². The van der Waals surface area contributed by atoms with E-state index in [2.05, 4.69) is 43.3 Å². The van der Waals surface area contributed by atoms with Gasteiger partial charge in [-0.1, -0.05) is 73.7 Å². The fraction of sp³-hybridized carbons (Fsp3) is 0.250. The van der Waals surface area contributed by atoms with Crippen LogP contribution < -0.4 is 15.2 Å². The van der Waals surface area contributed by atoms with Gasteiger partial charge in [0, 0.05) is 6.04 Å². The predicted molar refractivity (Wildman–Crippen MR) is 110 cm³/mol. The van der Waals surface area contributed by atoms with E-state index >= 15 is 0 Å². The summed E-state index contributed by atoms with van der Waals surface area (Å²) in [5, 5.41) is 0. The average molecular weight is 361 g/mol. The van der Waals surface area contributed by atoms with Crippen LogP contribution in [0.4, 0.5) is 0 Å². The van der Waals surface area contributed by atoms with Crippen LogP contribution in [0, 0.1) is 0 Å². The van der Waals surface area contributed by atoms with Gasteiger partial charge in [-0.3, -0.25) is 0 Å². The van der Waals surface area contributed by atoms with Crippen molar-refractivity contribution < 1.29 is 9.47 Å². The molecule has 27 heavy (non-hydrogen) atoms. The largest absolute Gasteiger partial charge is 0.485 e. The maximum absolute atomic E-state index is 6.12. The molecule has 0 spiro atoms. The van der Waals surface area contributed by atoms with Gasteiger partial charge in [0.1, 0.15) is 13.2 Å². The van der Waals surface area contributed by atoms with Crippen LogP contribution in [0.5, 0.6) is 11.5 Å². The van der Waals surface area contributed by atoms with Crippen LogP contribution in [-0.4, -0.2) is 6.04 Å². The molecule has 3 nitrogen and oxygen atoms in total. The topological polar surface area (TPSA) is 44.5 Å². The number of hydrogen-bond donors (Lipinski definition) is 1. The zero-order chi connectivity index (χ0) is 18.9. The molecular weight excluding hydrogens is 334 g/mol. The van der Waals surface area contributed by atoms with Crippen molar-refractivity contribution in [1.82, 2.24) is 0 Å². The Kier molecular flexibility index (Phi) is 6.89. The van der Waals surface area contributed by atoms with Gasteiger partial charge in [0.05, 0.1) is 0 Å². The summed E-state index contributed by atoms with van der Waals surface area (Å²) in [6, 6.07) is 26.6. The van der Waals surface area contributed by atoms with Crippen LogP contribution in [0.15, 0.2) is 78.9 Å². The molecule has 3 rings (SSSR count). The van der Waals surface area contributed by atoms with E-state index < -0.39 is 0 Å². The molecule has 0 aromatic heterocycles. The molecule has 0 saturated heterocycles. The Morgan fingerprint density at radius 1 is 0.704 bits per heavy atom. The van der Waals surface area contributed by atoms with E-state index in [1.807, 2.05) is 42.5 Å². The number of benzene rings is 3. The Morgan fingerprint density at radius 3 is 1.81 bits per heavy atom. The second-order valence-electron chi connectivity index (χ2n) is 6.70. The van der Waals surface area contributed by atoms with Crippen molar-refractivity contribution >= 4 is 0 Å². The Balaban J connectivity index is 1.75. The fourth-order valence-corrected chi connectivity index (χ4v) is 2.83. The predicted octanol–water partition coefficient (Wildman–Crippen LogP) is 5.12. The summed E-state index contributed by atoms with van der Waals surface area (Å²) < 4.78 is 12.1. The molecule has 3 aromatic rings. The van der Waals surface area contributed by atoms with E-state index in [0.29, 0.717) is 13.2 Å². The van der Waals surface area contributed by atoms with E-state index in [1.54, 1.807) is 0 Å². The summed E-state index contributed by atoms with van der Waals surface area (Å²) in [7, 11) is 0. The molecule has 0 heterocycles. The minimum absolute atomic E-state index is 0.156. The molecule has 0 amide bonds. The van der Waals surface area contributed by atoms with Gasteiger partial charge in [-0.05, 0) is 41.7 Å². The third-order valence-corrected chi connectivity index (χ3v) is 4.50. The molecule has 3 aromatic carbocycles. The first-order valence-electron chi connectivity index (χ1n) is 9.46. The summed E-state index contributed by atoms with van der Waals surface area (Å²) in [6.45, 7) is 3.12. The zero-order valence-electron chi connectivity index (χ0n) is 15.8. The van der Waals surface area contributed by atoms with Crippen LogP contribution in [0.25, 0.3) is 0 Å². The Bertz CT molecular complexity index is 818. The summed E-state index contributed by atoms with van der Waals surface area (Å²) in [5.41, 5.74) is 9.54. The molecule has 1 atom stereocenters. The smallest absolute Gasteiger partial charge is 0.161 e. The van der Waals surface area contributed by atoms with Gasteiger partial charge in [-0.25, -0.2) is 0 Å². The molecule has 0 aliphatic heterocycles. The van der Waals surface area contributed by atoms with Gasteiger partial charge < -0.3 is 15.2 Å². The lowest BCUT2D eigenvalue weighted by Crippen LogP contribution is -2.21. The average Bonchev–Trinajstić information content (AvgIpc) is 2.73. The number of hydrogen-bond acceptors (Lipinski definition) is 3. The second kappa shape index (κ2) is 9.79. The van der Waals surface area contributed by atoms with E-state index in [-0.39, 0.29) is 6.04 Å². The Morgan fingerprint density at radius 2 is 1.26 bits per heavy atom. The number of rotatable bonds is 9. The molecule has 140 valence electrons. The molecule has 0 saturated carbocycles. The Labute approximate surface area is 161 Å². The van der Waals surface area contributed by atoms with Crippen LogP contribution in [-0.2, 0) is 19.6 Å². The van der Waals surface area contributed by atoms with Crippen molar-refractivity contribution in [2.45, 2.75) is 39.0 Å². The van der Waals surface area contributed by atoms with Gasteiger partial charge in [0.25, 0.3) is 0 Å². The molecule has 1 unspecified atom stereocenters. The minimum atomic E-state index is 0.156. The lowest BCUT2D eigenvalue weighted by atomic mass is 10.0. The van der Waals surface area contributed by atoms with Crippen LogP contribution in [0.1, 0.15) is 30.0 Å². The maximum Gasteiger partial charge on any atom is 0.161 e. The third kappa shape index (κ3) is 5.87. The Hall–Kier alpha value is -2.78. The highest BCUT2D eigenvalue weighted by Crippen LogP contribution is 2.30. The van der Waals surface area contributed by atoms with E-state index in [1.165, 1.54) is 5.56 Å². The summed E-state index contributed by atoms with van der Waals surface area (Å²) >= 11 is 0. The standard InChI is InChI=1S/C24H27NO2/c1-2-22(25)15-21-13-14-23(26-17-19-9-5-3-6-10-19)24(16-21)27-18-20-11-7-4-8-12-20/h3-14,16,22H,2,15,17-18,25H2,1H3. The highest BCUT2D eigenvalue weighted by Gasteiger charge is 2.10. The van der Waals surface area contributed by atoms with Crippen LogP contribution >= 0.6 is 0 Å². The maximum atomic E-state index is 6.12. The number of nitrogens with two attached hydrogens (primary N) is 1. The van der Waals surface area contributed by atoms with Gasteiger partial charge in [-0.2, -0.15) is 0 Å². The molecule has 0 aliphatic rings. The third-order valence-electron chi connectivity index (χ3n) is 4.50. The molecule has 0 fully saturated rings. The second-order valence-corrected chi connectivity index (χ2v) is 6.70. The fourth-order valence-electron chi connectivity index (χ4n) is 2.83. The van der Waals surface area contributed by atoms with E-state index in [9.17, 15) is 0 Å². The lowest BCUT2D eigenvalue weighted by Gasteiger charge is -2.16. The van der Waals surface area contributed by atoms with E-state index in [4.69, 9.17) is 15.2 Å². The van der Waals surface area contributed by atoms with Gasteiger partial charge >= 0.3 is 0 Å². The van der Waals surface area contributed by atoms with Crippen molar-refractivity contribution in [3.8, 4) is 11.5 Å². The van der Waals surface area contributed by atoms with Crippen molar-refractivity contribution in [3.05, 3.63) is 95.6 Å². The highest BCUT2D eigenvalue weighted by atomic mass is 16.5. The van der Waals surface area contributed by atoms with Crippen LogP contribution in [0.3, 0.4) is 0 Å². The number of ether oxygens (including phenoxy) is 2. The first-order chi connectivity index (χ1) is 13.2. The molecule has 2 N–H and O–H groups in total. The highest BCUT2D eigenvalue weighted by molar-refractivity contribution is 5.43. The summed E-state index contributed by atoms with van der Waals surface area (Å²) in [4.78, 5) is 0. The van der Waals surface area contributed by atoms with Gasteiger partial charge in [0.2, 0.25) is 0 Å². The SMILES string of the molecule is CCC(N)Cc1ccc(OCc2ccccc2)c(OCc2ccccc2)c1. The van der Waals surface area contributed by atoms with Crippen molar-refractivity contribution in [2.24, 2.45) is 5.73 Å². The molecule has 0 radical (unpaired) electrons. The minimum Gasteiger partial charge on any atom is -0.485 e. The van der Waals surface area contributed by atoms with Crippen molar-refractivity contribution in [3.63, 3.8) is 0 Å². The molecule has 0 bridgehead atoms. The molecule has 0 aliphatic carbocycles. The monoisotopic (exact) mass is 361 g/mol. The zero-order valence-corrected chi connectivity index (χ0v) is 15.8. The van der Waals surface area contributed by atoms with E-state index in [0.717, 1.165) is 35.5 Å². The summed E-state index contributed by atoms with van der Waals surface area (Å²) in [5.74, 6) is 1.51. The lowest BCUT2D eigenvalue weighted by molar-refractivity contribution is 0.255. The quantitative estimate of drug-likeness (QED) is 0.575. The van der Waals surface area contributed by atoms with Gasteiger partial charge in [-0.15, -0.1) is 0 Å². The normalized spacial score (nSPS) is 11.8. The van der Waals surface area contributed by atoms with Crippen molar-refractivity contribution in [2.75, 3.05) is 0 Å². The molecule has 3 heteroatoms.